The molecule has 1 aliphatic rings. The SMILES string of the molecule is CC(C)CCSCC1=Nc2ccccc2C(C)N1[O-]. The molecule has 1 unspecified atom stereocenters. The highest BCUT2D eigenvalue weighted by Crippen LogP contribution is 2.34. The smallest absolute Gasteiger partial charge is 0.105 e. The lowest BCUT2D eigenvalue weighted by Gasteiger charge is -2.41. The van der Waals surface area contributed by atoms with E-state index in [0.717, 1.165) is 22.1 Å². The Hall–Kier alpha value is -1.00. The van der Waals surface area contributed by atoms with Crippen LogP contribution in [0.4, 0.5) is 5.69 Å². The Bertz CT molecular complexity index is 459. The minimum Gasteiger partial charge on any atom is -0.757 e. The molecule has 0 spiro atoms. The van der Waals surface area contributed by atoms with Crippen molar-refractivity contribution in [1.82, 2.24) is 5.06 Å². The zero-order chi connectivity index (χ0) is 13.8. The van der Waals surface area contributed by atoms with E-state index in [0.29, 0.717) is 17.5 Å². The minimum absolute atomic E-state index is 0.130. The largest absolute Gasteiger partial charge is 0.757 e. The number of fused-ring (bicyclic) bond motifs is 1. The lowest BCUT2D eigenvalue weighted by atomic mass is 10.0. The highest BCUT2D eigenvalue weighted by atomic mass is 32.2. The number of rotatable bonds is 5. The molecule has 0 bridgehead atoms. The Kier molecular flexibility index (Phi) is 4.88. The molecule has 1 aromatic carbocycles. The van der Waals surface area contributed by atoms with E-state index in [9.17, 15) is 5.21 Å². The molecule has 2 rings (SSSR count). The van der Waals surface area contributed by atoms with Gasteiger partial charge in [-0.05, 0) is 36.6 Å². The number of amidine groups is 1. The van der Waals surface area contributed by atoms with Gasteiger partial charge in [-0.3, -0.25) is 0 Å². The summed E-state index contributed by atoms with van der Waals surface area (Å²) in [6.07, 6.45) is 1.18. The summed E-state index contributed by atoms with van der Waals surface area (Å²) < 4.78 is 0. The summed E-state index contributed by atoms with van der Waals surface area (Å²) in [6.45, 7) is 6.38. The van der Waals surface area contributed by atoms with E-state index in [4.69, 9.17) is 0 Å². The van der Waals surface area contributed by atoms with Crippen LogP contribution in [0.5, 0.6) is 0 Å². The van der Waals surface area contributed by atoms with Crippen molar-refractivity contribution in [1.29, 1.82) is 0 Å². The molecule has 1 atom stereocenters. The van der Waals surface area contributed by atoms with E-state index in [2.05, 4.69) is 18.8 Å². The number of hydrogen-bond donors (Lipinski definition) is 0. The third-order valence-electron chi connectivity index (χ3n) is 3.31. The van der Waals surface area contributed by atoms with Gasteiger partial charge in [0, 0.05) is 6.04 Å². The summed E-state index contributed by atoms with van der Waals surface area (Å²) in [7, 11) is 0. The van der Waals surface area contributed by atoms with Crippen molar-refractivity contribution in [2.45, 2.75) is 33.2 Å². The van der Waals surface area contributed by atoms with Crippen LogP contribution < -0.4 is 0 Å². The van der Waals surface area contributed by atoms with Gasteiger partial charge in [0.25, 0.3) is 0 Å². The molecule has 0 aliphatic carbocycles. The summed E-state index contributed by atoms with van der Waals surface area (Å²) in [5.74, 6) is 3.15. The highest BCUT2D eigenvalue weighted by molar-refractivity contribution is 7.99. The van der Waals surface area contributed by atoms with Crippen LogP contribution in [0.2, 0.25) is 0 Å². The second kappa shape index (κ2) is 6.44. The molecule has 0 amide bonds. The van der Waals surface area contributed by atoms with Gasteiger partial charge in [0.2, 0.25) is 0 Å². The van der Waals surface area contributed by atoms with E-state index in [1.54, 1.807) is 11.8 Å². The average molecular weight is 277 g/mol. The first-order valence-electron chi connectivity index (χ1n) is 6.80. The Morgan fingerprint density at radius 2 is 2.11 bits per heavy atom. The number of para-hydroxylation sites is 1. The quantitative estimate of drug-likeness (QED) is 0.750. The van der Waals surface area contributed by atoms with Crippen LogP contribution in [0.25, 0.3) is 0 Å². The Morgan fingerprint density at radius 3 is 2.84 bits per heavy atom. The highest BCUT2D eigenvalue weighted by Gasteiger charge is 2.19. The molecular weight excluding hydrogens is 256 g/mol. The van der Waals surface area contributed by atoms with Gasteiger partial charge in [-0.1, -0.05) is 32.0 Å². The molecule has 19 heavy (non-hydrogen) atoms. The average Bonchev–Trinajstić information content (AvgIpc) is 2.40. The first-order chi connectivity index (χ1) is 9.09. The van der Waals surface area contributed by atoms with Gasteiger partial charge in [-0.25, -0.2) is 4.99 Å². The van der Waals surface area contributed by atoms with Crippen LogP contribution in [0.3, 0.4) is 0 Å². The molecule has 3 nitrogen and oxygen atoms in total. The van der Waals surface area contributed by atoms with Gasteiger partial charge in [0.15, 0.2) is 0 Å². The number of hydroxylamine groups is 2. The molecular formula is C15H21N2OS-. The van der Waals surface area contributed by atoms with Gasteiger partial charge in [0.1, 0.15) is 5.84 Å². The second-order valence-electron chi connectivity index (χ2n) is 5.32. The van der Waals surface area contributed by atoms with Crippen molar-refractivity contribution in [3.05, 3.63) is 35.0 Å². The van der Waals surface area contributed by atoms with E-state index >= 15 is 0 Å². The van der Waals surface area contributed by atoms with E-state index in [1.807, 2.05) is 31.2 Å². The zero-order valence-electron chi connectivity index (χ0n) is 11.8. The molecule has 1 heterocycles. The predicted molar refractivity (Wildman–Crippen MR) is 83.9 cm³/mol. The third kappa shape index (κ3) is 3.51. The molecule has 0 saturated heterocycles. The fourth-order valence-corrected chi connectivity index (χ4v) is 3.22. The fourth-order valence-electron chi connectivity index (χ4n) is 2.06. The first-order valence-corrected chi connectivity index (χ1v) is 7.95. The van der Waals surface area contributed by atoms with E-state index in [1.165, 1.54) is 6.42 Å². The maximum Gasteiger partial charge on any atom is 0.105 e. The lowest BCUT2D eigenvalue weighted by molar-refractivity contribution is 0.437. The summed E-state index contributed by atoms with van der Waals surface area (Å²) in [5, 5.41) is 13.2. The maximum absolute atomic E-state index is 12.2. The number of nitrogens with zero attached hydrogens (tertiary/aromatic N) is 2. The fraction of sp³-hybridized carbons (Fsp3) is 0.533. The maximum atomic E-state index is 12.2. The van der Waals surface area contributed by atoms with Crippen molar-refractivity contribution >= 4 is 23.3 Å². The topological polar surface area (TPSA) is 38.7 Å². The number of thioether (sulfide) groups is 1. The molecule has 0 aromatic heterocycles. The van der Waals surface area contributed by atoms with Crippen molar-refractivity contribution < 1.29 is 0 Å². The van der Waals surface area contributed by atoms with Crippen molar-refractivity contribution in [2.24, 2.45) is 10.9 Å². The van der Waals surface area contributed by atoms with Crippen LogP contribution >= 0.6 is 11.8 Å². The van der Waals surface area contributed by atoms with Crippen LogP contribution in [0.1, 0.15) is 38.8 Å². The Morgan fingerprint density at radius 1 is 1.37 bits per heavy atom. The standard InChI is InChI=1S/C15H21N2OS/c1-11(2)8-9-19-10-15-16-14-7-5-4-6-13(14)12(3)17(15)18/h4-7,11-12H,8-10H2,1-3H3/q-1. The minimum atomic E-state index is -0.130. The molecule has 0 N–H and O–H groups in total. The number of hydrogen-bond acceptors (Lipinski definition) is 4. The second-order valence-corrected chi connectivity index (χ2v) is 6.43. The van der Waals surface area contributed by atoms with Gasteiger partial charge in [0.05, 0.1) is 11.4 Å². The van der Waals surface area contributed by atoms with Gasteiger partial charge < -0.3 is 10.3 Å². The van der Waals surface area contributed by atoms with Gasteiger partial charge in [-0.2, -0.15) is 11.8 Å². The molecule has 1 aromatic rings. The normalized spacial score (nSPS) is 18.5. The zero-order valence-corrected chi connectivity index (χ0v) is 12.6. The number of aliphatic imine (C=N–C) groups is 1. The van der Waals surface area contributed by atoms with Crippen LogP contribution in [-0.4, -0.2) is 22.4 Å². The van der Waals surface area contributed by atoms with Crippen LogP contribution in [0.15, 0.2) is 29.3 Å². The molecule has 104 valence electrons. The lowest BCUT2D eigenvalue weighted by Crippen LogP contribution is -2.32. The Labute approximate surface area is 119 Å². The van der Waals surface area contributed by atoms with Gasteiger partial charge in [-0.15, -0.1) is 0 Å². The van der Waals surface area contributed by atoms with E-state index < -0.39 is 0 Å². The first kappa shape index (κ1) is 14.4. The Balaban J connectivity index is 2.03. The van der Waals surface area contributed by atoms with Crippen LogP contribution in [0, 0.1) is 11.1 Å². The molecule has 0 saturated carbocycles. The van der Waals surface area contributed by atoms with Crippen LogP contribution in [-0.2, 0) is 0 Å². The summed E-state index contributed by atoms with van der Waals surface area (Å²) >= 11 is 1.80. The van der Waals surface area contributed by atoms with E-state index in [-0.39, 0.29) is 6.04 Å². The van der Waals surface area contributed by atoms with Crippen molar-refractivity contribution in [3.8, 4) is 0 Å². The summed E-state index contributed by atoms with van der Waals surface area (Å²) in [5.41, 5.74) is 1.97. The summed E-state index contributed by atoms with van der Waals surface area (Å²) in [4.78, 5) is 4.50. The molecule has 4 heteroatoms. The number of benzene rings is 1. The third-order valence-corrected chi connectivity index (χ3v) is 4.30. The molecule has 0 fully saturated rings. The summed E-state index contributed by atoms with van der Waals surface area (Å²) in [6, 6.07) is 7.77. The van der Waals surface area contributed by atoms with Crippen molar-refractivity contribution in [3.63, 3.8) is 0 Å². The van der Waals surface area contributed by atoms with Crippen molar-refractivity contribution in [2.75, 3.05) is 11.5 Å². The molecule has 1 aliphatic heterocycles. The van der Waals surface area contributed by atoms with Gasteiger partial charge >= 0.3 is 0 Å². The predicted octanol–water partition coefficient (Wildman–Crippen LogP) is 4.37. The monoisotopic (exact) mass is 277 g/mol. The molecule has 0 radical (unpaired) electrons.